The molecular formula is C15H32OS. The van der Waals surface area contributed by atoms with Crippen LogP contribution in [-0.4, -0.2) is 16.8 Å². The molecule has 0 aromatic heterocycles. The van der Waals surface area contributed by atoms with Gasteiger partial charge < -0.3 is 0 Å². The lowest BCUT2D eigenvalue weighted by atomic mass is 9.65. The highest BCUT2D eigenvalue weighted by molar-refractivity contribution is 8.00. The molecule has 0 N–H and O–H groups in total. The Hall–Kier alpha value is 0.0200. The second-order valence-electron chi connectivity index (χ2n) is 4.93. The van der Waals surface area contributed by atoms with Crippen molar-refractivity contribution in [1.82, 2.24) is 0 Å². The zero-order chi connectivity index (χ0) is 14.3. The summed E-state index contributed by atoms with van der Waals surface area (Å²) in [6, 6.07) is 0. The first-order valence-electron chi connectivity index (χ1n) is 6.94. The molecule has 1 aliphatic carbocycles. The van der Waals surface area contributed by atoms with Crippen molar-refractivity contribution in [3.8, 4) is 0 Å². The number of ketones is 1. The number of rotatable bonds is 1. The van der Waals surface area contributed by atoms with E-state index in [-0.39, 0.29) is 10.2 Å². The van der Waals surface area contributed by atoms with Gasteiger partial charge in [-0.2, -0.15) is 11.8 Å². The Morgan fingerprint density at radius 1 is 1.12 bits per heavy atom. The summed E-state index contributed by atoms with van der Waals surface area (Å²) in [5.74, 6) is 0.964. The van der Waals surface area contributed by atoms with Gasteiger partial charge in [-0.3, -0.25) is 4.79 Å². The predicted molar refractivity (Wildman–Crippen MR) is 81.8 cm³/mol. The maximum atomic E-state index is 12.2. The first-order chi connectivity index (χ1) is 7.84. The van der Waals surface area contributed by atoms with E-state index in [0.717, 1.165) is 6.42 Å². The largest absolute Gasteiger partial charge is 0.298 e. The molecule has 0 aromatic rings. The Morgan fingerprint density at radius 3 is 1.88 bits per heavy atom. The van der Waals surface area contributed by atoms with Crippen LogP contribution in [0.4, 0.5) is 0 Å². The molecule has 17 heavy (non-hydrogen) atoms. The molecule has 1 aliphatic rings. The average molecular weight is 260 g/mol. The zero-order valence-corrected chi connectivity index (χ0v) is 14.1. The molecule has 104 valence electrons. The number of thioether (sulfide) groups is 1. The lowest BCUT2D eigenvalue weighted by Gasteiger charge is -2.44. The van der Waals surface area contributed by atoms with Crippen LogP contribution in [0.1, 0.15) is 68.2 Å². The van der Waals surface area contributed by atoms with Crippen molar-refractivity contribution in [2.75, 3.05) is 6.26 Å². The van der Waals surface area contributed by atoms with Gasteiger partial charge in [-0.1, -0.05) is 48.5 Å². The van der Waals surface area contributed by atoms with Crippen molar-refractivity contribution in [3.05, 3.63) is 0 Å². The molecule has 0 saturated heterocycles. The fourth-order valence-electron chi connectivity index (χ4n) is 2.07. The van der Waals surface area contributed by atoms with Gasteiger partial charge in [0.25, 0.3) is 0 Å². The predicted octanol–water partition coefficient (Wildman–Crippen LogP) is 5.19. The minimum absolute atomic E-state index is 0.129. The van der Waals surface area contributed by atoms with Gasteiger partial charge in [0, 0.05) is 5.41 Å². The molecule has 1 fully saturated rings. The first-order valence-corrected chi connectivity index (χ1v) is 8.17. The Bertz CT molecular complexity index is 216. The van der Waals surface area contributed by atoms with E-state index in [9.17, 15) is 4.79 Å². The maximum Gasteiger partial charge on any atom is 0.154 e. The van der Waals surface area contributed by atoms with Crippen LogP contribution >= 0.6 is 11.8 Å². The standard InChI is InChI=1S/C11H20OS.2C2H6/c1-8-6-7-11(4,13-5)9(12)10(8,2)3;2*1-2/h8H,6-7H2,1-5H3;2*1-2H3. The summed E-state index contributed by atoms with van der Waals surface area (Å²) in [6.45, 7) is 16.5. The van der Waals surface area contributed by atoms with E-state index >= 15 is 0 Å². The van der Waals surface area contributed by atoms with Gasteiger partial charge in [0.2, 0.25) is 0 Å². The molecular weight excluding hydrogens is 228 g/mol. The average Bonchev–Trinajstić information content (AvgIpc) is 2.37. The number of hydrogen-bond donors (Lipinski definition) is 0. The summed E-state index contributed by atoms with van der Waals surface area (Å²) >= 11 is 1.71. The van der Waals surface area contributed by atoms with Crippen LogP contribution in [0.15, 0.2) is 0 Å². The third kappa shape index (κ3) is 4.31. The third-order valence-electron chi connectivity index (χ3n) is 3.80. The molecule has 0 amide bonds. The Labute approximate surface area is 113 Å². The van der Waals surface area contributed by atoms with Crippen LogP contribution in [0.3, 0.4) is 0 Å². The van der Waals surface area contributed by atoms with Crippen LogP contribution in [0.2, 0.25) is 0 Å². The van der Waals surface area contributed by atoms with Gasteiger partial charge in [0.15, 0.2) is 5.78 Å². The Balaban J connectivity index is 0. The summed E-state index contributed by atoms with van der Waals surface area (Å²) in [5.41, 5.74) is -0.129. The van der Waals surface area contributed by atoms with Gasteiger partial charge in [0.05, 0.1) is 4.75 Å². The van der Waals surface area contributed by atoms with Crippen molar-refractivity contribution in [3.63, 3.8) is 0 Å². The molecule has 2 heteroatoms. The third-order valence-corrected chi connectivity index (χ3v) is 5.09. The summed E-state index contributed by atoms with van der Waals surface area (Å²) in [4.78, 5) is 12.2. The lowest BCUT2D eigenvalue weighted by Crippen LogP contribution is -2.49. The molecule has 0 spiro atoms. The second-order valence-corrected chi connectivity index (χ2v) is 6.23. The van der Waals surface area contributed by atoms with E-state index in [1.54, 1.807) is 11.8 Å². The van der Waals surface area contributed by atoms with Crippen molar-refractivity contribution < 1.29 is 4.79 Å². The molecule has 0 aromatic carbocycles. The van der Waals surface area contributed by atoms with Crippen LogP contribution in [0.25, 0.3) is 0 Å². The first kappa shape index (κ1) is 19.4. The summed E-state index contributed by atoms with van der Waals surface area (Å²) < 4.78 is -0.129. The Kier molecular flexibility index (Phi) is 9.32. The molecule has 0 radical (unpaired) electrons. The van der Waals surface area contributed by atoms with E-state index in [1.807, 2.05) is 34.0 Å². The summed E-state index contributed by atoms with van der Waals surface area (Å²) in [7, 11) is 0. The monoisotopic (exact) mass is 260 g/mol. The minimum atomic E-state index is -0.129. The van der Waals surface area contributed by atoms with Crippen LogP contribution < -0.4 is 0 Å². The van der Waals surface area contributed by atoms with Crippen LogP contribution in [0, 0.1) is 11.3 Å². The highest BCUT2D eigenvalue weighted by atomic mass is 32.2. The normalized spacial score (nSPS) is 30.6. The van der Waals surface area contributed by atoms with E-state index in [1.165, 1.54) is 6.42 Å². The van der Waals surface area contributed by atoms with Crippen LogP contribution in [-0.2, 0) is 4.79 Å². The molecule has 2 unspecified atom stereocenters. The molecule has 1 saturated carbocycles. The van der Waals surface area contributed by atoms with E-state index in [2.05, 4.69) is 27.7 Å². The van der Waals surface area contributed by atoms with E-state index in [0.29, 0.717) is 11.7 Å². The van der Waals surface area contributed by atoms with Gasteiger partial charge in [-0.15, -0.1) is 0 Å². The SMILES string of the molecule is CC.CC.CSC1(C)CCC(C)C(C)(C)C1=O. The number of carbonyl (C=O) groups is 1. The van der Waals surface area contributed by atoms with Gasteiger partial charge in [-0.25, -0.2) is 0 Å². The number of hydrogen-bond acceptors (Lipinski definition) is 2. The molecule has 0 aliphatic heterocycles. The highest BCUT2D eigenvalue weighted by Gasteiger charge is 2.48. The van der Waals surface area contributed by atoms with Gasteiger partial charge in [-0.05, 0) is 31.9 Å². The molecule has 1 nitrogen and oxygen atoms in total. The fraction of sp³-hybridized carbons (Fsp3) is 0.933. The van der Waals surface area contributed by atoms with Crippen LogP contribution in [0.5, 0.6) is 0 Å². The summed E-state index contributed by atoms with van der Waals surface area (Å²) in [5, 5.41) is 0. The fourth-order valence-corrected chi connectivity index (χ4v) is 2.84. The lowest BCUT2D eigenvalue weighted by molar-refractivity contribution is -0.134. The molecule has 1 rings (SSSR count). The topological polar surface area (TPSA) is 17.1 Å². The smallest absolute Gasteiger partial charge is 0.154 e. The van der Waals surface area contributed by atoms with Gasteiger partial charge >= 0.3 is 0 Å². The minimum Gasteiger partial charge on any atom is -0.298 e. The number of carbonyl (C=O) groups excluding carboxylic acids is 1. The highest BCUT2D eigenvalue weighted by Crippen LogP contribution is 2.46. The zero-order valence-electron chi connectivity index (χ0n) is 13.3. The van der Waals surface area contributed by atoms with Crippen molar-refractivity contribution in [1.29, 1.82) is 0 Å². The van der Waals surface area contributed by atoms with E-state index in [4.69, 9.17) is 0 Å². The molecule has 0 bridgehead atoms. The number of Topliss-reactive ketones (excluding diaryl/α,β-unsaturated/α-hetero) is 1. The molecule has 0 heterocycles. The van der Waals surface area contributed by atoms with Crippen molar-refractivity contribution in [2.24, 2.45) is 11.3 Å². The Morgan fingerprint density at radius 2 is 1.53 bits per heavy atom. The van der Waals surface area contributed by atoms with Crippen molar-refractivity contribution >= 4 is 17.5 Å². The van der Waals surface area contributed by atoms with Gasteiger partial charge in [0.1, 0.15) is 0 Å². The van der Waals surface area contributed by atoms with E-state index < -0.39 is 0 Å². The second kappa shape index (κ2) is 8.18. The molecule has 2 atom stereocenters. The maximum absolute atomic E-state index is 12.2. The quantitative estimate of drug-likeness (QED) is 0.645. The summed E-state index contributed by atoms with van der Waals surface area (Å²) in [6.07, 6.45) is 4.26. The van der Waals surface area contributed by atoms with Crippen molar-refractivity contribution in [2.45, 2.75) is 73.0 Å².